The Bertz CT molecular complexity index is 958. The molecule has 0 saturated heterocycles. The minimum absolute atomic E-state index is 0.0885. The lowest BCUT2D eigenvalue weighted by atomic mass is 9.90. The van der Waals surface area contributed by atoms with Crippen molar-refractivity contribution in [3.05, 3.63) is 69.8 Å². The van der Waals surface area contributed by atoms with Crippen molar-refractivity contribution in [3.8, 4) is 0 Å². The molecule has 4 rings (SSSR count). The van der Waals surface area contributed by atoms with Crippen molar-refractivity contribution in [1.29, 1.82) is 0 Å². The zero-order valence-electron chi connectivity index (χ0n) is 15.0. The Morgan fingerprint density at radius 3 is 2.44 bits per heavy atom. The van der Waals surface area contributed by atoms with Crippen LogP contribution in [0.1, 0.15) is 44.0 Å². The molecule has 0 radical (unpaired) electrons. The Morgan fingerprint density at radius 2 is 1.78 bits per heavy atom. The fourth-order valence-corrected chi connectivity index (χ4v) is 4.35. The molecule has 1 atom stereocenters. The van der Waals surface area contributed by atoms with Crippen molar-refractivity contribution in [2.75, 3.05) is 10.6 Å². The summed E-state index contributed by atoms with van der Waals surface area (Å²) in [5.74, 6) is 0.542. The molecule has 138 valence electrons. The van der Waals surface area contributed by atoms with Gasteiger partial charge in [0, 0.05) is 16.3 Å². The third kappa shape index (κ3) is 3.95. The minimum Gasteiger partial charge on any atom is -0.459 e. The Morgan fingerprint density at radius 1 is 1.07 bits per heavy atom. The molecular weight excluding hydrogens is 360 g/mol. The van der Waals surface area contributed by atoms with Gasteiger partial charge in [0.15, 0.2) is 5.76 Å². The summed E-state index contributed by atoms with van der Waals surface area (Å²) in [7, 11) is 0. The predicted molar refractivity (Wildman–Crippen MR) is 107 cm³/mol. The van der Waals surface area contributed by atoms with Crippen LogP contribution in [0, 0.1) is 5.92 Å². The minimum atomic E-state index is -0.310. The number of anilines is 2. The number of hydrogen-bond acceptors (Lipinski definition) is 4. The van der Waals surface area contributed by atoms with Crippen molar-refractivity contribution in [1.82, 2.24) is 0 Å². The van der Waals surface area contributed by atoms with E-state index < -0.39 is 0 Å². The third-order valence-electron chi connectivity index (χ3n) is 4.70. The van der Waals surface area contributed by atoms with Crippen LogP contribution in [0.3, 0.4) is 0 Å². The number of nitrogens with one attached hydrogen (secondary N) is 2. The zero-order chi connectivity index (χ0) is 18.8. The Kier molecular flexibility index (Phi) is 4.81. The molecular formula is C21H20N2O3S. The first kappa shape index (κ1) is 17.5. The van der Waals surface area contributed by atoms with E-state index in [0.717, 1.165) is 17.7 Å². The van der Waals surface area contributed by atoms with Crippen LogP contribution in [0.25, 0.3) is 0 Å². The molecule has 0 saturated carbocycles. The molecule has 0 fully saturated rings. The number of thiophene rings is 1. The van der Waals surface area contributed by atoms with Crippen LogP contribution in [0.2, 0.25) is 0 Å². The van der Waals surface area contributed by atoms with Crippen LogP contribution < -0.4 is 10.6 Å². The highest BCUT2D eigenvalue weighted by Gasteiger charge is 2.20. The van der Waals surface area contributed by atoms with E-state index in [2.05, 4.69) is 17.6 Å². The molecule has 2 aromatic heterocycles. The number of benzene rings is 1. The van der Waals surface area contributed by atoms with Gasteiger partial charge in [-0.15, -0.1) is 11.3 Å². The maximum atomic E-state index is 12.5. The first-order valence-electron chi connectivity index (χ1n) is 8.96. The van der Waals surface area contributed by atoms with Gasteiger partial charge in [-0.25, -0.2) is 0 Å². The van der Waals surface area contributed by atoms with Gasteiger partial charge in [0.25, 0.3) is 11.8 Å². The summed E-state index contributed by atoms with van der Waals surface area (Å²) in [5.41, 5.74) is 2.64. The largest absolute Gasteiger partial charge is 0.459 e. The van der Waals surface area contributed by atoms with E-state index >= 15 is 0 Å². The molecule has 3 aromatic rings. The molecule has 0 aliphatic heterocycles. The number of furan rings is 1. The van der Waals surface area contributed by atoms with Gasteiger partial charge in [0.1, 0.15) is 0 Å². The molecule has 1 aromatic carbocycles. The number of carbonyl (C=O) groups is 2. The summed E-state index contributed by atoms with van der Waals surface area (Å²) in [4.78, 5) is 26.6. The molecule has 0 bridgehead atoms. The van der Waals surface area contributed by atoms with Gasteiger partial charge in [0.05, 0.1) is 11.1 Å². The van der Waals surface area contributed by atoms with E-state index in [1.165, 1.54) is 23.1 Å². The second-order valence-corrected chi connectivity index (χ2v) is 8.01. The number of carbonyl (C=O) groups excluding carboxylic acids is 2. The lowest BCUT2D eigenvalue weighted by Gasteiger charge is -2.16. The summed E-state index contributed by atoms with van der Waals surface area (Å²) < 4.78 is 5.07. The molecule has 0 spiro atoms. The van der Waals surface area contributed by atoms with Crippen molar-refractivity contribution in [2.24, 2.45) is 5.92 Å². The molecule has 2 N–H and O–H groups in total. The second kappa shape index (κ2) is 7.40. The van der Waals surface area contributed by atoms with Gasteiger partial charge in [-0.2, -0.15) is 0 Å². The maximum Gasteiger partial charge on any atom is 0.291 e. The fourth-order valence-electron chi connectivity index (χ4n) is 3.25. The molecule has 2 amide bonds. The molecule has 5 nitrogen and oxygen atoms in total. The van der Waals surface area contributed by atoms with E-state index in [0.29, 0.717) is 17.3 Å². The molecule has 0 unspecified atom stereocenters. The van der Waals surface area contributed by atoms with Crippen LogP contribution in [-0.2, 0) is 12.8 Å². The quantitative estimate of drug-likeness (QED) is 0.671. The first-order valence-corrected chi connectivity index (χ1v) is 9.78. The molecule has 2 heterocycles. The highest BCUT2D eigenvalue weighted by molar-refractivity contribution is 7.14. The Labute approximate surface area is 161 Å². The Hall–Kier alpha value is -2.86. The van der Waals surface area contributed by atoms with Crippen LogP contribution >= 0.6 is 11.3 Å². The van der Waals surface area contributed by atoms with E-state index in [-0.39, 0.29) is 17.6 Å². The van der Waals surface area contributed by atoms with Gasteiger partial charge in [-0.1, -0.05) is 6.92 Å². The smallest absolute Gasteiger partial charge is 0.291 e. The van der Waals surface area contributed by atoms with Crippen molar-refractivity contribution in [3.63, 3.8) is 0 Å². The van der Waals surface area contributed by atoms with E-state index in [4.69, 9.17) is 4.42 Å². The lowest BCUT2D eigenvalue weighted by Crippen LogP contribution is -2.12. The first-order chi connectivity index (χ1) is 13.1. The Balaban J connectivity index is 1.39. The SMILES string of the molecule is C[C@@H]1CCc2sc(C(=O)Nc3ccc(NC(=O)c4ccco4)cc3)cc2C1. The lowest BCUT2D eigenvalue weighted by molar-refractivity contribution is 0.0994. The summed E-state index contributed by atoms with van der Waals surface area (Å²) >= 11 is 1.60. The zero-order valence-corrected chi connectivity index (χ0v) is 15.8. The highest BCUT2D eigenvalue weighted by atomic mass is 32.1. The molecule has 27 heavy (non-hydrogen) atoms. The summed E-state index contributed by atoms with van der Waals surface area (Å²) in [6.45, 7) is 2.26. The van der Waals surface area contributed by atoms with E-state index in [9.17, 15) is 9.59 Å². The van der Waals surface area contributed by atoms with Crippen molar-refractivity contribution in [2.45, 2.75) is 26.2 Å². The van der Waals surface area contributed by atoms with Crippen LogP contribution in [0.15, 0.2) is 53.1 Å². The van der Waals surface area contributed by atoms with Crippen molar-refractivity contribution < 1.29 is 14.0 Å². The summed E-state index contributed by atoms with van der Waals surface area (Å²) in [6.07, 6.45) is 4.78. The number of aryl methyl sites for hydroxylation is 1. The average Bonchev–Trinajstić information content (AvgIpc) is 3.32. The predicted octanol–water partition coefficient (Wildman–Crippen LogP) is 4.97. The van der Waals surface area contributed by atoms with Gasteiger partial charge >= 0.3 is 0 Å². The van der Waals surface area contributed by atoms with Crippen LogP contribution in [0.5, 0.6) is 0 Å². The molecule has 1 aliphatic rings. The molecule has 1 aliphatic carbocycles. The normalized spacial score (nSPS) is 15.8. The molecule has 6 heteroatoms. The van der Waals surface area contributed by atoms with Gasteiger partial charge in [0.2, 0.25) is 0 Å². The average molecular weight is 380 g/mol. The van der Waals surface area contributed by atoms with E-state index in [1.54, 1.807) is 47.7 Å². The number of fused-ring (bicyclic) bond motifs is 1. The maximum absolute atomic E-state index is 12.5. The van der Waals surface area contributed by atoms with Gasteiger partial charge in [-0.05, 0) is 73.2 Å². The van der Waals surface area contributed by atoms with Crippen LogP contribution in [-0.4, -0.2) is 11.8 Å². The highest BCUT2D eigenvalue weighted by Crippen LogP contribution is 2.32. The monoisotopic (exact) mass is 380 g/mol. The third-order valence-corrected chi connectivity index (χ3v) is 5.93. The number of rotatable bonds is 4. The summed E-state index contributed by atoms with van der Waals surface area (Å²) in [5, 5.41) is 5.68. The van der Waals surface area contributed by atoms with Crippen molar-refractivity contribution >= 4 is 34.5 Å². The van der Waals surface area contributed by atoms with Gasteiger partial charge in [-0.3, -0.25) is 9.59 Å². The standard InChI is InChI=1S/C21H20N2O3S/c1-13-4-9-18-14(11-13)12-19(27-18)21(25)23-16-7-5-15(6-8-16)22-20(24)17-3-2-10-26-17/h2-3,5-8,10,12-13H,4,9,11H2,1H3,(H,22,24)(H,23,25)/t13-/m1/s1. The second-order valence-electron chi connectivity index (χ2n) is 6.87. The van der Waals surface area contributed by atoms with Gasteiger partial charge < -0.3 is 15.1 Å². The topological polar surface area (TPSA) is 71.3 Å². The summed E-state index contributed by atoms with van der Waals surface area (Å²) in [6, 6.07) is 12.3. The number of amides is 2. The number of hydrogen-bond donors (Lipinski definition) is 2. The van der Waals surface area contributed by atoms with E-state index in [1.807, 2.05) is 6.07 Å². The fraction of sp³-hybridized carbons (Fsp3) is 0.238. The van der Waals surface area contributed by atoms with Crippen LogP contribution in [0.4, 0.5) is 11.4 Å².